The van der Waals surface area contributed by atoms with E-state index in [1.807, 2.05) is 19.0 Å². The van der Waals surface area contributed by atoms with Crippen LogP contribution in [0.25, 0.3) is 0 Å². The standard InChI is InChI=1S/C13H21N3O3/c1-16(2)9-8-14-13(17)15-12-10(18-3)6-5-7-11(12)19-4/h5-7H,8-9H2,1-4H3,(H2,14,15,17). The van der Waals surface area contributed by atoms with Crippen molar-refractivity contribution in [1.29, 1.82) is 0 Å². The van der Waals surface area contributed by atoms with Gasteiger partial charge in [0.1, 0.15) is 17.2 Å². The number of hydrogen-bond acceptors (Lipinski definition) is 4. The fourth-order valence-corrected chi connectivity index (χ4v) is 1.53. The fourth-order valence-electron chi connectivity index (χ4n) is 1.53. The zero-order chi connectivity index (χ0) is 14.3. The molecule has 0 heterocycles. The number of benzene rings is 1. The molecule has 0 radical (unpaired) electrons. The number of carbonyl (C=O) groups excluding carboxylic acids is 1. The number of hydrogen-bond donors (Lipinski definition) is 2. The van der Waals surface area contributed by atoms with Crippen molar-refractivity contribution in [3.8, 4) is 11.5 Å². The van der Waals surface area contributed by atoms with E-state index < -0.39 is 0 Å². The SMILES string of the molecule is COc1cccc(OC)c1NC(=O)NCCN(C)C. The predicted molar refractivity (Wildman–Crippen MR) is 75.1 cm³/mol. The lowest BCUT2D eigenvalue weighted by molar-refractivity contribution is 0.250. The molecule has 1 rings (SSSR count). The zero-order valence-electron chi connectivity index (χ0n) is 11.8. The molecular formula is C13H21N3O3. The van der Waals surface area contributed by atoms with E-state index >= 15 is 0 Å². The molecule has 106 valence electrons. The van der Waals surface area contributed by atoms with Gasteiger partial charge in [0.15, 0.2) is 0 Å². The number of amides is 2. The Balaban J connectivity index is 2.67. The van der Waals surface area contributed by atoms with Crippen LogP contribution in [0.4, 0.5) is 10.5 Å². The largest absolute Gasteiger partial charge is 0.494 e. The van der Waals surface area contributed by atoms with Gasteiger partial charge in [0.2, 0.25) is 0 Å². The zero-order valence-corrected chi connectivity index (χ0v) is 11.8. The van der Waals surface area contributed by atoms with E-state index in [1.54, 1.807) is 32.4 Å². The maximum absolute atomic E-state index is 11.8. The number of urea groups is 1. The second-order valence-electron chi connectivity index (χ2n) is 4.22. The minimum absolute atomic E-state index is 0.287. The van der Waals surface area contributed by atoms with Gasteiger partial charge >= 0.3 is 6.03 Å². The van der Waals surface area contributed by atoms with Crippen LogP contribution in [0, 0.1) is 0 Å². The molecule has 19 heavy (non-hydrogen) atoms. The van der Waals surface area contributed by atoms with Crippen LogP contribution in [0.2, 0.25) is 0 Å². The summed E-state index contributed by atoms with van der Waals surface area (Å²) in [6, 6.07) is 5.03. The van der Waals surface area contributed by atoms with Crippen LogP contribution in [0.15, 0.2) is 18.2 Å². The highest BCUT2D eigenvalue weighted by Crippen LogP contribution is 2.33. The van der Waals surface area contributed by atoms with Crippen LogP contribution >= 0.6 is 0 Å². The maximum Gasteiger partial charge on any atom is 0.319 e. The summed E-state index contributed by atoms with van der Waals surface area (Å²) in [4.78, 5) is 13.8. The lowest BCUT2D eigenvalue weighted by Gasteiger charge is -2.15. The Labute approximate surface area is 113 Å². The van der Waals surface area contributed by atoms with Gasteiger partial charge in [-0.2, -0.15) is 0 Å². The van der Waals surface area contributed by atoms with E-state index in [9.17, 15) is 4.79 Å². The molecule has 0 aliphatic carbocycles. The molecule has 2 amide bonds. The van der Waals surface area contributed by atoms with Crippen molar-refractivity contribution in [2.24, 2.45) is 0 Å². The van der Waals surface area contributed by atoms with Crippen molar-refractivity contribution in [3.05, 3.63) is 18.2 Å². The van der Waals surface area contributed by atoms with Gasteiger partial charge in [-0.3, -0.25) is 0 Å². The van der Waals surface area contributed by atoms with Crippen LogP contribution in [-0.2, 0) is 0 Å². The van der Waals surface area contributed by atoms with Gasteiger partial charge in [-0.15, -0.1) is 0 Å². The summed E-state index contributed by atoms with van der Waals surface area (Å²) in [6.07, 6.45) is 0. The summed E-state index contributed by atoms with van der Waals surface area (Å²) < 4.78 is 10.4. The average Bonchev–Trinajstić information content (AvgIpc) is 2.38. The number of carbonyl (C=O) groups is 1. The molecule has 1 aromatic rings. The summed E-state index contributed by atoms with van der Waals surface area (Å²) >= 11 is 0. The molecule has 0 aliphatic heterocycles. The summed E-state index contributed by atoms with van der Waals surface area (Å²) in [7, 11) is 6.99. The molecule has 0 fully saturated rings. The molecule has 6 heteroatoms. The minimum atomic E-state index is -0.287. The molecule has 0 saturated carbocycles. The molecular weight excluding hydrogens is 246 g/mol. The van der Waals surface area contributed by atoms with E-state index in [0.29, 0.717) is 23.7 Å². The predicted octanol–water partition coefficient (Wildman–Crippen LogP) is 1.39. The van der Waals surface area contributed by atoms with Crippen molar-refractivity contribution in [2.45, 2.75) is 0 Å². The first-order valence-corrected chi connectivity index (χ1v) is 5.99. The Morgan fingerprint density at radius 3 is 2.26 bits per heavy atom. The van der Waals surface area contributed by atoms with E-state index in [1.165, 1.54) is 0 Å². The van der Waals surface area contributed by atoms with Gasteiger partial charge in [-0.25, -0.2) is 4.79 Å². The number of para-hydroxylation sites is 1. The Morgan fingerprint density at radius 1 is 1.21 bits per heavy atom. The first kappa shape index (κ1) is 15.1. The van der Waals surface area contributed by atoms with Crippen LogP contribution in [-0.4, -0.2) is 52.3 Å². The van der Waals surface area contributed by atoms with E-state index in [4.69, 9.17) is 9.47 Å². The molecule has 6 nitrogen and oxygen atoms in total. The second kappa shape index (κ2) is 7.48. The smallest absolute Gasteiger partial charge is 0.319 e. The van der Waals surface area contributed by atoms with E-state index in [2.05, 4.69) is 10.6 Å². The molecule has 0 aromatic heterocycles. The highest BCUT2D eigenvalue weighted by Gasteiger charge is 2.12. The van der Waals surface area contributed by atoms with Crippen molar-refractivity contribution >= 4 is 11.7 Å². The summed E-state index contributed by atoms with van der Waals surface area (Å²) in [5.74, 6) is 1.12. The fraction of sp³-hybridized carbons (Fsp3) is 0.462. The van der Waals surface area contributed by atoms with Crippen molar-refractivity contribution in [3.63, 3.8) is 0 Å². The number of nitrogens with one attached hydrogen (secondary N) is 2. The topological polar surface area (TPSA) is 62.8 Å². The third kappa shape index (κ3) is 4.67. The lowest BCUT2D eigenvalue weighted by Crippen LogP contribution is -2.34. The lowest BCUT2D eigenvalue weighted by atomic mass is 10.2. The summed E-state index contributed by atoms with van der Waals surface area (Å²) in [5.41, 5.74) is 0.523. The number of ether oxygens (including phenoxy) is 2. The third-order valence-electron chi connectivity index (χ3n) is 2.51. The maximum atomic E-state index is 11.8. The number of methoxy groups -OCH3 is 2. The van der Waals surface area contributed by atoms with Gasteiger partial charge in [0, 0.05) is 13.1 Å². The molecule has 0 bridgehead atoms. The molecule has 2 N–H and O–H groups in total. The van der Waals surface area contributed by atoms with Gasteiger partial charge in [0.05, 0.1) is 14.2 Å². The van der Waals surface area contributed by atoms with Crippen LogP contribution < -0.4 is 20.1 Å². The Kier molecular flexibility index (Phi) is 5.95. The molecule has 1 aromatic carbocycles. The van der Waals surface area contributed by atoms with Gasteiger partial charge in [-0.05, 0) is 26.2 Å². The highest BCUT2D eigenvalue weighted by atomic mass is 16.5. The average molecular weight is 267 g/mol. The van der Waals surface area contributed by atoms with E-state index in [-0.39, 0.29) is 6.03 Å². The minimum Gasteiger partial charge on any atom is -0.494 e. The van der Waals surface area contributed by atoms with Gasteiger partial charge in [-0.1, -0.05) is 6.07 Å². The quantitative estimate of drug-likeness (QED) is 0.817. The molecule has 0 spiro atoms. The molecule has 0 unspecified atom stereocenters. The van der Waals surface area contributed by atoms with Crippen molar-refractivity contribution in [2.75, 3.05) is 46.7 Å². The summed E-state index contributed by atoms with van der Waals surface area (Å²) in [5, 5.41) is 5.50. The van der Waals surface area contributed by atoms with Gasteiger partial charge in [0.25, 0.3) is 0 Å². The number of anilines is 1. The molecule has 0 atom stereocenters. The number of rotatable bonds is 6. The van der Waals surface area contributed by atoms with Crippen LogP contribution in [0.5, 0.6) is 11.5 Å². The first-order valence-electron chi connectivity index (χ1n) is 5.99. The number of likely N-dealkylation sites (N-methyl/N-ethyl adjacent to an activating group) is 1. The Bertz CT molecular complexity index is 399. The monoisotopic (exact) mass is 267 g/mol. The van der Waals surface area contributed by atoms with Gasteiger partial charge < -0.3 is 25.0 Å². The van der Waals surface area contributed by atoms with E-state index in [0.717, 1.165) is 6.54 Å². The normalized spacial score (nSPS) is 10.2. The number of nitrogens with zero attached hydrogens (tertiary/aromatic N) is 1. The van der Waals surface area contributed by atoms with Crippen molar-refractivity contribution < 1.29 is 14.3 Å². The van der Waals surface area contributed by atoms with Crippen molar-refractivity contribution in [1.82, 2.24) is 10.2 Å². The van der Waals surface area contributed by atoms with Crippen LogP contribution in [0.1, 0.15) is 0 Å². The molecule has 0 saturated heterocycles. The summed E-state index contributed by atoms with van der Waals surface area (Å²) in [6.45, 7) is 1.34. The third-order valence-corrected chi connectivity index (χ3v) is 2.51. The Hall–Kier alpha value is -1.95. The van der Waals surface area contributed by atoms with Crippen LogP contribution in [0.3, 0.4) is 0 Å². The second-order valence-corrected chi connectivity index (χ2v) is 4.22. The molecule has 0 aliphatic rings. The first-order chi connectivity index (χ1) is 9.08. The highest BCUT2D eigenvalue weighted by molar-refractivity contribution is 5.92. The Morgan fingerprint density at radius 2 is 1.79 bits per heavy atom.